The Hall–Kier alpha value is -1.11. The normalized spacial score (nSPS) is 21.2. The van der Waals surface area contributed by atoms with E-state index in [0.29, 0.717) is 21.2 Å². The number of nitrogens with zero attached hydrogens (tertiary/aromatic N) is 1. The molecule has 1 N–H and O–H groups in total. The molecule has 1 radical (unpaired) electrons. The van der Waals surface area contributed by atoms with Gasteiger partial charge in [0.15, 0.2) is 0 Å². The molecule has 0 spiro atoms. The summed E-state index contributed by atoms with van der Waals surface area (Å²) in [6.07, 6.45) is 6.02. The van der Waals surface area contributed by atoms with Gasteiger partial charge >= 0.3 is 5.97 Å². The SMILES string of the molecule is C#CC(n1c(I)cc2c(c1=O)COC(=O)CC2(O)CC)[Si](C)CC(C)(C)C. The highest BCUT2D eigenvalue weighted by molar-refractivity contribution is 14.1. The molecule has 1 aromatic heterocycles. The van der Waals surface area contributed by atoms with E-state index in [4.69, 9.17) is 11.2 Å². The minimum absolute atomic E-state index is 0.122. The van der Waals surface area contributed by atoms with E-state index in [2.05, 4.69) is 55.8 Å². The Labute approximate surface area is 176 Å². The molecule has 2 rings (SSSR count). The molecule has 0 saturated heterocycles. The summed E-state index contributed by atoms with van der Waals surface area (Å²) < 4.78 is 7.53. The summed E-state index contributed by atoms with van der Waals surface area (Å²) in [5.41, 5.74) is -1.03. The summed E-state index contributed by atoms with van der Waals surface area (Å²) >= 11 is 2.10. The first-order valence-electron chi connectivity index (χ1n) is 9.04. The maximum Gasteiger partial charge on any atom is 0.309 e. The molecule has 0 fully saturated rings. The van der Waals surface area contributed by atoms with Crippen LogP contribution in [-0.4, -0.2) is 24.4 Å². The van der Waals surface area contributed by atoms with Crippen LogP contribution in [0.1, 0.15) is 57.3 Å². The van der Waals surface area contributed by atoms with Crippen molar-refractivity contribution in [3.63, 3.8) is 0 Å². The molecule has 1 aromatic rings. The van der Waals surface area contributed by atoms with Gasteiger partial charge in [0, 0.05) is 0 Å². The topological polar surface area (TPSA) is 68.5 Å². The number of cyclic esters (lactones) is 1. The van der Waals surface area contributed by atoms with Crippen LogP contribution >= 0.6 is 22.6 Å². The lowest BCUT2D eigenvalue weighted by atomic mass is 9.86. The molecule has 0 aliphatic carbocycles. The molecule has 0 aromatic carbocycles. The van der Waals surface area contributed by atoms with E-state index in [1.165, 1.54) is 0 Å². The number of carbonyl (C=O) groups is 1. The van der Waals surface area contributed by atoms with Crippen molar-refractivity contribution in [1.29, 1.82) is 0 Å². The lowest BCUT2D eigenvalue weighted by Gasteiger charge is -2.30. The number of hydrogen-bond acceptors (Lipinski definition) is 4. The number of pyridine rings is 1. The average Bonchev–Trinajstić information content (AvgIpc) is 2.67. The first kappa shape index (κ1) is 22.2. The summed E-state index contributed by atoms with van der Waals surface area (Å²) in [7, 11) is -1.06. The first-order chi connectivity index (χ1) is 12.4. The van der Waals surface area contributed by atoms with Crippen molar-refractivity contribution < 1.29 is 14.6 Å². The summed E-state index contributed by atoms with van der Waals surface area (Å²) in [6, 6.07) is 2.75. The zero-order valence-electron chi connectivity index (χ0n) is 16.6. The predicted molar refractivity (Wildman–Crippen MR) is 116 cm³/mol. The fourth-order valence-corrected chi connectivity index (χ4v) is 7.57. The number of hydrogen-bond donors (Lipinski definition) is 1. The Kier molecular flexibility index (Phi) is 6.65. The van der Waals surface area contributed by atoms with Gasteiger partial charge in [-0.3, -0.25) is 14.2 Å². The fourth-order valence-electron chi connectivity index (χ4n) is 3.65. The van der Waals surface area contributed by atoms with Crippen molar-refractivity contribution in [2.45, 2.75) is 71.0 Å². The lowest BCUT2D eigenvalue weighted by molar-refractivity contribution is -0.149. The van der Waals surface area contributed by atoms with Crippen LogP contribution < -0.4 is 5.56 Å². The molecule has 2 unspecified atom stereocenters. The highest BCUT2D eigenvalue weighted by atomic mass is 127. The quantitative estimate of drug-likeness (QED) is 0.226. The van der Waals surface area contributed by atoms with Gasteiger partial charge in [0.25, 0.3) is 5.56 Å². The molecule has 27 heavy (non-hydrogen) atoms. The number of aliphatic hydroxyl groups is 1. The van der Waals surface area contributed by atoms with E-state index in [-0.39, 0.29) is 29.7 Å². The van der Waals surface area contributed by atoms with E-state index in [1.54, 1.807) is 17.6 Å². The summed E-state index contributed by atoms with van der Waals surface area (Å²) in [5, 5.41) is 11.0. The Bertz CT molecular complexity index is 836. The Balaban J connectivity index is 2.64. The Morgan fingerprint density at radius 3 is 2.63 bits per heavy atom. The van der Waals surface area contributed by atoms with Gasteiger partial charge < -0.3 is 9.84 Å². The maximum atomic E-state index is 13.3. The number of carbonyl (C=O) groups excluding carboxylic acids is 1. The van der Waals surface area contributed by atoms with Crippen molar-refractivity contribution in [2.24, 2.45) is 5.41 Å². The molecule has 2 heterocycles. The minimum atomic E-state index is -1.39. The highest BCUT2D eigenvalue weighted by Gasteiger charge is 2.39. The van der Waals surface area contributed by atoms with Crippen LogP contribution in [0.5, 0.6) is 0 Å². The second kappa shape index (κ2) is 8.09. The molecule has 1 aliphatic heterocycles. The zero-order chi connectivity index (χ0) is 20.6. The van der Waals surface area contributed by atoms with Crippen molar-refractivity contribution >= 4 is 37.4 Å². The number of rotatable bonds is 4. The number of halogens is 1. The van der Waals surface area contributed by atoms with Crippen LogP contribution in [0.2, 0.25) is 12.6 Å². The molecule has 0 amide bonds. The van der Waals surface area contributed by atoms with Crippen molar-refractivity contribution in [2.75, 3.05) is 0 Å². The Morgan fingerprint density at radius 2 is 2.11 bits per heavy atom. The minimum Gasteiger partial charge on any atom is -0.460 e. The van der Waals surface area contributed by atoms with Crippen LogP contribution in [0.4, 0.5) is 0 Å². The molecular weight excluding hydrogens is 473 g/mol. The van der Waals surface area contributed by atoms with E-state index >= 15 is 0 Å². The lowest BCUT2D eigenvalue weighted by Crippen LogP contribution is -2.39. The number of aromatic nitrogens is 1. The number of ether oxygens (including phenoxy) is 1. The zero-order valence-corrected chi connectivity index (χ0v) is 19.7. The summed E-state index contributed by atoms with van der Waals surface area (Å²) in [4.78, 5) is 25.3. The third-order valence-corrected chi connectivity index (χ3v) is 8.70. The smallest absolute Gasteiger partial charge is 0.309 e. The second-order valence-electron chi connectivity index (χ2n) is 8.41. The predicted octanol–water partition coefficient (Wildman–Crippen LogP) is 3.38. The standard InChI is InChI=1S/C20H27INO4Si/c1-7-16(27(6)12-19(3,4)5)22-15(21)9-14-13(18(22)24)11-26-17(23)10-20(14,25)8-2/h1,9,16,25H,8,10-12H2,2-6H3. The van der Waals surface area contributed by atoms with Crippen LogP contribution in [0.25, 0.3) is 0 Å². The average molecular weight is 500 g/mol. The third-order valence-electron chi connectivity index (χ3n) is 4.89. The Morgan fingerprint density at radius 1 is 1.48 bits per heavy atom. The van der Waals surface area contributed by atoms with E-state index < -0.39 is 20.4 Å². The summed E-state index contributed by atoms with van der Waals surface area (Å²) in [6.45, 7) is 10.3. The number of terminal acetylenes is 1. The van der Waals surface area contributed by atoms with Gasteiger partial charge in [-0.25, -0.2) is 0 Å². The molecule has 147 valence electrons. The molecular formula is C20H27INO4Si. The second-order valence-corrected chi connectivity index (χ2v) is 12.1. The van der Waals surface area contributed by atoms with Crippen molar-refractivity contribution in [3.8, 4) is 12.3 Å². The van der Waals surface area contributed by atoms with Gasteiger partial charge in [-0.15, -0.1) is 6.42 Å². The first-order valence-corrected chi connectivity index (χ1v) is 12.4. The van der Waals surface area contributed by atoms with Gasteiger partial charge in [-0.05, 0) is 46.1 Å². The number of esters is 1. The molecule has 5 nitrogen and oxygen atoms in total. The van der Waals surface area contributed by atoms with Gasteiger partial charge in [-0.1, -0.05) is 46.2 Å². The largest absolute Gasteiger partial charge is 0.460 e. The monoisotopic (exact) mass is 500 g/mol. The van der Waals surface area contributed by atoms with Crippen LogP contribution in [-0.2, 0) is 21.7 Å². The van der Waals surface area contributed by atoms with Gasteiger partial charge in [-0.2, -0.15) is 0 Å². The molecule has 2 atom stereocenters. The maximum absolute atomic E-state index is 13.3. The molecule has 1 aliphatic rings. The molecule has 0 saturated carbocycles. The third kappa shape index (κ3) is 4.66. The van der Waals surface area contributed by atoms with E-state index in [0.717, 1.165) is 6.04 Å². The van der Waals surface area contributed by atoms with Gasteiger partial charge in [0.05, 0.1) is 30.1 Å². The number of fused-ring (bicyclic) bond motifs is 1. The molecule has 0 bridgehead atoms. The van der Waals surface area contributed by atoms with Crippen LogP contribution in [0, 0.1) is 21.5 Å². The van der Waals surface area contributed by atoms with E-state index in [1.807, 2.05) is 0 Å². The van der Waals surface area contributed by atoms with Gasteiger partial charge in [0.2, 0.25) is 0 Å². The van der Waals surface area contributed by atoms with E-state index in [9.17, 15) is 14.7 Å². The van der Waals surface area contributed by atoms with Crippen molar-refractivity contribution in [3.05, 3.63) is 31.2 Å². The van der Waals surface area contributed by atoms with Crippen LogP contribution in [0.15, 0.2) is 10.9 Å². The van der Waals surface area contributed by atoms with Gasteiger partial charge in [0.1, 0.15) is 12.2 Å². The molecule has 7 heteroatoms. The van der Waals surface area contributed by atoms with Crippen molar-refractivity contribution in [1.82, 2.24) is 4.57 Å². The summed E-state index contributed by atoms with van der Waals surface area (Å²) in [5.74, 6) is 2.32. The fraction of sp³-hybridized carbons (Fsp3) is 0.600. The highest BCUT2D eigenvalue weighted by Crippen LogP contribution is 2.35. The van der Waals surface area contributed by atoms with Crippen LogP contribution in [0.3, 0.4) is 0 Å².